The van der Waals surface area contributed by atoms with Crippen LogP contribution in [0.2, 0.25) is 0 Å². The van der Waals surface area contributed by atoms with Crippen molar-refractivity contribution in [1.82, 2.24) is 14.9 Å². The number of hydrogen-bond acceptors (Lipinski definition) is 3. The number of nitrogens with one attached hydrogen (secondary N) is 1. The van der Waals surface area contributed by atoms with Crippen molar-refractivity contribution >= 4 is 16.9 Å². The predicted octanol–water partition coefficient (Wildman–Crippen LogP) is 5.99. The van der Waals surface area contributed by atoms with Crippen LogP contribution in [0, 0.1) is 5.92 Å². The number of aliphatic hydroxyl groups excluding tert-OH is 1. The van der Waals surface area contributed by atoms with E-state index < -0.39 is 6.04 Å². The van der Waals surface area contributed by atoms with Crippen LogP contribution in [0.25, 0.3) is 11.0 Å². The Kier molecular flexibility index (Phi) is 7.77. The molecule has 1 amide bonds. The van der Waals surface area contributed by atoms with E-state index in [1.165, 1.54) is 31.2 Å². The molecular weight excluding hydrogens is 446 g/mol. The Labute approximate surface area is 213 Å². The highest BCUT2D eigenvalue weighted by Gasteiger charge is 2.31. The van der Waals surface area contributed by atoms with Crippen LogP contribution in [-0.4, -0.2) is 27.2 Å². The van der Waals surface area contributed by atoms with E-state index >= 15 is 0 Å². The van der Waals surface area contributed by atoms with Gasteiger partial charge in [0.1, 0.15) is 0 Å². The van der Waals surface area contributed by atoms with E-state index in [1.54, 1.807) is 0 Å². The highest BCUT2D eigenvalue weighted by molar-refractivity contribution is 5.84. The number of rotatable bonds is 8. The number of hydrogen-bond donors (Lipinski definition) is 2. The van der Waals surface area contributed by atoms with Gasteiger partial charge in [0.15, 0.2) is 0 Å². The Hall–Kier alpha value is -3.44. The van der Waals surface area contributed by atoms with Gasteiger partial charge in [-0.1, -0.05) is 92.4 Å². The van der Waals surface area contributed by atoms with E-state index in [-0.39, 0.29) is 18.4 Å². The predicted molar refractivity (Wildman–Crippen MR) is 144 cm³/mol. The van der Waals surface area contributed by atoms with Gasteiger partial charge >= 0.3 is 0 Å². The minimum absolute atomic E-state index is 0.0122. The van der Waals surface area contributed by atoms with Crippen LogP contribution >= 0.6 is 0 Å². The van der Waals surface area contributed by atoms with Crippen molar-refractivity contribution in [1.29, 1.82) is 0 Å². The zero-order chi connectivity index (χ0) is 24.7. The van der Waals surface area contributed by atoms with E-state index in [0.29, 0.717) is 5.92 Å². The second kappa shape index (κ2) is 11.5. The highest BCUT2D eigenvalue weighted by Crippen LogP contribution is 2.36. The molecule has 2 atom stereocenters. The summed E-state index contributed by atoms with van der Waals surface area (Å²) in [5.74, 6) is 0.105. The Morgan fingerprint density at radius 1 is 0.889 bits per heavy atom. The first kappa shape index (κ1) is 24.3. The molecule has 2 unspecified atom stereocenters. The fourth-order valence-electron chi connectivity index (χ4n) is 5.63. The van der Waals surface area contributed by atoms with E-state index in [0.717, 1.165) is 41.5 Å². The van der Waals surface area contributed by atoms with Crippen LogP contribution in [0.3, 0.4) is 0 Å². The van der Waals surface area contributed by atoms with Gasteiger partial charge in [0.05, 0.1) is 35.9 Å². The molecule has 5 rings (SSSR count). The number of aliphatic hydroxyl groups is 1. The lowest BCUT2D eigenvalue weighted by Crippen LogP contribution is -2.37. The molecule has 0 aliphatic heterocycles. The smallest absolute Gasteiger partial charge is 0.228 e. The van der Waals surface area contributed by atoms with Crippen LogP contribution in [0.15, 0.2) is 85.2 Å². The Balaban J connectivity index is 1.38. The van der Waals surface area contributed by atoms with Crippen molar-refractivity contribution in [2.45, 2.75) is 57.0 Å². The van der Waals surface area contributed by atoms with Gasteiger partial charge < -0.3 is 15.0 Å². The van der Waals surface area contributed by atoms with E-state index in [9.17, 15) is 9.90 Å². The third kappa shape index (κ3) is 5.52. The van der Waals surface area contributed by atoms with Gasteiger partial charge in [0.25, 0.3) is 0 Å². The monoisotopic (exact) mass is 481 g/mol. The van der Waals surface area contributed by atoms with Crippen LogP contribution in [0.4, 0.5) is 0 Å². The van der Waals surface area contributed by atoms with Crippen molar-refractivity contribution in [3.05, 3.63) is 102 Å². The van der Waals surface area contributed by atoms with Crippen molar-refractivity contribution in [2.24, 2.45) is 5.92 Å². The largest absolute Gasteiger partial charge is 0.394 e. The third-order valence-electron chi connectivity index (χ3n) is 7.57. The second-order valence-corrected chi connectivity index (χ2v) is 9.99. The van der Waals surface area contributed by atoms with Gasteiger partial charge in [-0.05, 0) is 47.6 Å². The van der Waals surface area contributed by atoms with Crippen molar-refractivity contribution < 1.29 is 9.90 Å². The molecule has 5 nitrogen and oxygen atoms in total. The van der Waals surface area contributed by atoms with E-state index in [4.69, 9.17) is 0 Å². The number of benzene rings is 3. The summed E-state index contributed by atoms with van der Waals surface area (Å²) in [6.45, 7) is 0.618. The minimum Gasteiger partial charge on any atom is -0.394 e. The van der Waals surface area contributed by atoms with Crippen molar-refractivity contribution in [3.63, 3.8) is 0 Å². The summed E-state index contributed by atoms with van der Waals surface area (Å²) >= 11 is 0. The molecule has 0 radical (unpaired) electrons. The number of aromatic nitrogens is 2. The topological polar surface area (TPSA) is 67.2 Å². The summed E-state index contributed by atoms with van der Waals surface area (Å²) in [5, 5.41) is 13.2. The molecule has 0 spiro atoms. The summed E-state index contributed by atoms with van der Waals surface area (Å²) < 4.78 is 2.16. The maximum absolute atomic E-state index is 13.8. The zero-order valence-corrected chi connectivity index (χ0v) is 20.7. The molecule has 1 aliphatic rings. The minimum atomic E-state index is -0.402. The first-order valence-electron chi connectivity index (χ1n) is 13.2. The molecule has 186 valence electrons. The van der Waals surface area contributed by atoms with E-state index in [2.05, 4.69) is 45.2 Å². The molecule has 1 fully saturated rings. The fourth-order valence-corrected chi connectivity index (χ4v) is 5.63. The van der Waals surface area contributed by atoms with Crippen LogP contribution in [-0.2, 0) is 11.3 Å². The number of amides is 1. The van der Waals surface area contributed by atoms with Crippen molar-refractivity contribution in [3.8, 4) is 0 Å². The van der Waals surface area contributed by atoms with Crippen LogP contribution in [0.5, 0.6) is 0 Å². The Morgan fingerprint density at radius 2 is 1.58 bits per heavy atom. The summed E-state index contributed by atoms with van der Waals surface area (Å²) in [5.41, 5.74) is 5.28. The lowest BCUT2D eigenvalue weighted by molar-refractivity contribution is -0.125. The van der Waals surface area contributed by atoms with E-state index in [1.807, 2.05) is 54.9 Å². The molecule has 1 saturated carbocycles. The number of carbonyl (C=O) groups is 1. The summed E-state index contributed by atoms with van der Waals surface area (Å²) in [6, 6.07) is 26.0. The molecule has 36 heavy (non-hydrogen) atoms. The summed E-state index contributed by atoms with van der Waals surface area (Å²) in [7, 11) is 0. The highest BCUT2D eigenvalue weighted by atomic mass is 16.3. The normalized spacial score (nSPS) is 16.4. The number of carbonyl (C=O) groups excluding carboxylic acids is 1. The standard InChI is InChI=1S/C31H35N3O2/c35-21-28(24-10-6-3-7-11-24)33-31(36)30(25-12-4-1-2-5-13-25)26-18-16-23(17-19-26)20-34-22-32-27-14-8-9-15-29(27)34/h3,6-11,14-19,22,25,28,30,35H,1-2,4-5,12-13,20-21H2,(H,33,36). The van der Waals surface area contributed by atoms with Gasteiger partial charge in [0, 0.05) is 6.54 Å². The van der Waals surface area contributed by atoms with Gasteiger partial charge in [-0.2, -0.15) is 0 Å². The van der Waals surface area contributed by atoms with Crippen molar-refractivity contribution in [2.75, 3.05) is 6.61 Å². The zero-order valence-electron chi connectivity index (χ0n) is 20.7. The van der Waals surface area contributed by atoms with Gasteiger partial charge in [0.2, 0.25) is 5.91 Å². The quantitative estimate of drug-likeness (QED) is 0.304. The number of fused-ring (bicyclic) bond motifs is 1. The summed E-state index contributed by atoms with van der Waals surface area (Å²) in [4.78, 5) is 18.3. The molecule has 0 bridgehead atoms. The fraction of sp³-hybridized carbons (Fsp3) is 0.355. The van der Waals surface area contributed by atoms with Gasteiger partial charge in [-0.15, -0.1) is 0 Å². The second-order valence-electron chi connectivity index (χ2n) is 9.99. The average molecular weight is 482 g/mol. The maximum atomic E-state index is 13.8. The molecule has 1 aliphatic carbocycles. The molecule has 0 saturated heterocycles. The number of nitrogens with zero attached hydrogens (tertiary/aromatic N) is 2. The Bertz CT molecular complexity index is 1260. The first-order valence-corrected chi connectivity index (χ1v) is 13.2. The molecule has 4 aromatic rings. The van der Waals surface area contributed by atoms with Gasteiger partial charge in [-0.3, -0.25) is 4.79 Å². The summed E-state index contributed by atoms with van der Waals surface area (Å²) in [6.07, 6.45) is 8.84. The number of imidazole rings is 1. The molecule has 1 aromatic heterocycles. The van der Waals surface area contributed by atoms with Crippen LogP contribution < -0.4 is 5.32 Å². The molecule has 1 heterocycles. The number of para-hydroxylation sites is 2. The van der Waals surface area contributed by atoms with Crippen LogP contribution in [0.1, 0.15) is 67.2 Å². The Morgan fingerprint density at radius 3 is 2.31 bits per heavy atom. The third-order valence-corrected chi connectivity index (χ3v) is 7.57. The first-order chi connectivity index (χ1) is 17.7. The molecule has 3 aromatic carbocycles. The average Bonchev–Trinajstić information content (AvgIpc) is 3.13. The molecule has 2 N–H and O–H groups in total. The van der Waals surface area contributed by atoms with Gasteiger partial charge in [-0.25, -0.2) is 4.98 Å². The SMILES string of the molecule is O=C(NC(CO)c1ccccc1)C(c1ccc(Cn2cnc3ccccc32)cc1)C1CCCCCC1. The maximum Gasteiger partial charge on any atom is 0.228 e. The lowest BCUT2D eigenvalue weighted by atomic mass is 9.80. The lowest BCUT2D eigenvalue weighted by Gasteiger charge is -2.28. The molecular formula is C31H35N3O2. The molecule has 5 heteroatoms.